The van der Waals surface area contributed by atoms with Crippen LogP contribution in [0.1, 0.15) is 11.1 Å². The monoisotopic (exact) mass is 409 g/mol. The second kappa shape index (κ2) is 8.20. The van der Waals surface area contributed by atoms with E-state index in [2.05, 4.69) is 4.74 Å². The first-order valence-corrected chi connectivity index (χ1v) is 9.03. The van der Waals surface area contributed by atoms with Crippen LogP contribution in [-0.2, 0) is 19.1 Å². The smallest absolute Gasteiger partial charge is 0.339 e. The van der Waals surface area contributed by atoms with Gasteiger partial charge >= 0.3 is 11.6 Å². The standard InChI is InChI=1S/C19H20ClNO7/c1-10-11(2)18(23)28-14-7-15(13(20)6-12(10)14)27-9-17(22)21-4-5-26-16(8-21)19(24)25-3/h6-7,16H,4-5,8-9H2,1-3H3. The summed E-state index contributed by atoms with van der Waals surface area (Å²) in [5.41, 5.74) is 1.19. The van der Waals surface area contributed by atoms with Crippen LogP contribution >= 0.6 is 11.6 Å². The van der Waals surface area contributed by atoms with E-state index in [9.17, 15) is 14.4 Å². The quantitative estimate of drug-likeness (QED) is 0.561. The number of fused-ring (bicyclic) bond motifs is 1. The number of carbonyl (C=O) groups excluding carboxylic acids is 2. The van der Waals surface area contributed by atoms with E-state index in [-0.39, 0.29) is 31.4 Å². The van der Waals surface area contributed by atoms with Gasteiger partial charge in [-0.1, -0.05) is 11.6 Å². The summed E-state index contributed by atoms with van der Waals surface area (Å²) in [7, 11) is 1.26. The Balaban J connectivity index is 1.73. The predicted octanol–water partition coefficient (Wildman–Crippen LogP) is 1.84. The van der Waals surface area contributed by atoms with E-state index >= 15 is 0 Å². The van der Waals surface area contributed by atoms with Crippen LogP contribution in [0.15, 0.2) is 21.3 Å². The molecular formula is C19H20ClNO7. The van der Waals surface area contributed by atoms with Crippen molar-refractivity contribution < 1.29 is 28.2 Å². The average Bonchev–Trinajstić information content (AvgIpc) is 2.70. The van der Waals surface area contributed by atoms with Crippen LogP contribution in [0.2, 0.25) is 5.02 Å². The van der Waals surface area contributed by atoms with Crippen molar-refractivity contribution in [3.8, 4) is 5.75 Å². The van der Waals surface area contributed by atoms with Crippen molar-refractivity contribution in [1.82, 2.24) is 4.90 Å². The molecule has 0 aliphatic carbocycles. The largest absolute Gasteiger partial charge is 0.482 e. The molecule has 1 aliphatic heterocycles. The minimum atomic E-state index is -0.813. The molecule has 1 unspecified atom stereocenters. The molecule has 3 rings (SSSR count). The fourth-order valence-corrected chi connectivity index (χ4v) is 3.15. The lowest BCUT2D eigenvalue weighted by atomic mass is 10.1. The van der Waals surface area contributed by atoms with E-state index in [1.165, 1.54) is 18.1 Å². The maximum atomic E-state index is 12.4. The lowest BCUT2D eigenvalue weighted by Gasteiger charge is -2.31. The third-order valence-corrected chi connectivity index (χ3v) is 5.04. The SMILES string of the molecule is COC(=O)C1CN(C(=O)COc2cc3oc(=O)c(C)c(C)c3cc2Cl)CCO1. The highest BCUT2D eigenvalue weighted by atomic mass is 35.5. The van der Waals surface area contributed by atoms with E-state index < -0.39 is 17.7 Å². The zero-order chi connectivity index (χ0) is 20.4. The summed E-state index contributed by atoms with van der Waals surface area (Å²) >= 11 is 6.27. The maximum Gasteiger partial charge on any atom is 0.339 e. The summed E-state index contributed by atoms with van der Waals surface area (Å²) in [6, 6.07) is 3.14. The number of amides is 1. The summed E-state index contributed by atoms with van der Waals surface area (Å²) in [4.78, 5) is 37.4. The van der Waals surface area contributed by atoms with Gasteiger partial charge in [0.15, 0.2) is 12.7 Å². The van der Waals surface area contributed by atoms with Gasteiger partial charge in [-0.3, -0.25) is 4.79 Å². The van der Waals surface area contributed by atoms with Crippen molar-refractivity contribution >= 4 is 34.4 Å². The van der Waals surface area contributed by atoms with Gasteiger partial charge in [-0.2, -0.15) is 0 Å². The number of methoxy groups -OCH3 is 1. The molecule has 1 aliphatic rings. The van der Waals surface area contributed by atoms with Gasteiger partial charge in [-0.25, -0.2) is 9.59 Å². The molecule has 28 heavy (non-hydrogen) atoms. The number of hydrogen-bond acceptors (Lipinski definition) is 7. The molecule has 0 spiro atoms. The summed E-state index contributed by atoms with van der Waals surface area (Å²) in [5.74, 6) is -0.627. The number of carbonyl (C=O) groups is 2. The number of aryl methyl sites for hydroxylation is 1. The van der Waals surface area contributed by atoms with E-state index in [1.807, 2.05) is 6.92 Å². The van der Waals surface area contributed by atoms with Crippen molar-refractivity contribution in [3.05, 3.63) is 38.7 Å². The first-order valence-electron chi connectivity index (χ1n) is 8.65. The molecule has 1 fully saturated rings. The van der Waals surface area contributed by atoms with Crippen LogP contribution in [0, 0.1) is 13.8 Å². The molecule has 8 nitrogen and oxygen atoms in total. The van der Waals surface area contributed by atoms with Crippen LogP contribution in [0.5, 0.6) is 5.75 Å². The van der Waals surface area contributed by atoms with Crippen molar-refractivity contribution in [1.29, 1.82) is 0 Å². The van der Waals surface area contributed by atoms with Gasteiger partial charge in [0.2, 0.25) is 0 Å². The average molecular weight is 410 g/mol. The lowest BCUT2D eigenvalue weighted by Crippen LogP contribution is -2.50. The minimum Gasteiger partial charge on any atom is -0.482 e. The normalized spacial score (nSPS) is 16.9. The highest BCUT2D eigenvalue weighted by molar-refractivity contribution is 6.32. The molecule has 1 saturated heterocycles. The van der Waals surface area contributed by atoms with E-state index in [4.69, 9.17) is 25.5 Å². The molecule has 150 valence electrons. The molecule has 2 aromatic rings. The molecule has 2 heterocycles. The summed E-state index contributed by atoms with van der Waals surface area (Å²) in [6.07, 6.45) is -0.813. The fraction of sp³-hybridized carbons (Fsp3) is 0.421. The Morgan fingerprint density at radius 3 is 2.75 bits per heavy atom. The van der Waals surface area contributed by atoms with Gasteiger partial charge in [-0.15, -0.1) is 0 Å². The number of esters is 1. The van der Waals surface area contributed by atoms with Gasteiger partial charge < -0.3 is 23.5 Å². The number of benzene rings is 1. The fourth-order valence-electron chi connectivity index (χ4n) is 2.93. The van der Waals surface area contributed by atoms with E-state index in [1.54, 1.807) is 13.0 Å². The van der Waals surface area contributed by atoms with Crippen LogP contribution in [0.3, 0.4) is 0 Å². The maximum absolute atomic E-state index is 12.4. The summed E-state index contributed by atoms with van der Waals surface area (Å²) in [6.45, 7) is 3.87. The Labute approximate surface area is 165 Å². The van der Waals surface area contributed by atoms with E-state index in [0.29, 0.717) is 28.1 Å². The van der Waals surface area contributed by atoms with Crippen LogP contribution in [-0.4, -0.2) is 56.3 Å². The molecule has 0 saturated carbocycles. The second-order valence-electron chi connectivity index (χ2n) is 6.43. The summed E-state index contributed by atoms with van der Waals surface area (Å²) < 4.78 is 20.8. The molecule has 0 bridgehead atoms. The Kier molecular flexibility index (Phi) is 5.90. The van der Waals surface area contributed by atoms with Crippen molar-refractivity contribution in [2.45, 2.75) is 20.0 Å². The Bertz CT molecular complexity index is 984. The van der Waals surface area contributed by atoms with Crippen molar-refractivity contribution in [2.75, 3.05) is 33.4 Å². The molecule has 0 N–H and O–H groups in total. The first-order chi connectivity index (χ1) is 13.3. The Morgan fingerprint density at radius 2 is 2.04 bits per heavy atom. The Morgan fingerprint density at radius 1 is 1.29 bits per heavy atom. The Hall–Kier alpha value is -2.58. The van der Waals surface area contributed by atoms with E-state index in [0.717, 1.165) is 5.56 Å². The van der Waals surface area contributed by atoms with Gasteiger partial charge in [0.1, 0.15) is 11.3 Å². The minimum absolute atomic E-state index is 0.0909. The molecule has 1 atom stereocenters. The van der Waals surface area contributed by atoms with Gasteiger partial charge in [0.05, 0.1) is 25.3 Å². The molecule has 9 heteroatoms. The number of ether oxygens (including phenoxy) is 3. The molecule has 1 aromatic heterocycles. The molecule has 1 aromatic carbocycles. The number of rotatable bonds is 4. The number of hydrogen-bond donors (Lipinski definition) is 0. The van der Waals surface area contributed by atoms with Gasteiger partial charge in [0.25, 0.3) is 5.91 Å². The number of nitrogens with zero attached hydrogens (tertiary/aromatic N) is 1. The van der Waals surface area contributed by atoms with Crippen LogP contribution < -0.4 is 10.4 Å². The van der Waals surface area contributed by atoms with Crippen molar-refractivity contribution in [3.63, 3.8) is 0 Å². The highest BCUT2D eigenvalue weighted by Crippen LogP contribution is 2.31. The van der Waals surface area contributed by atoms with Gasteiger partial charge in [0, 0.05) is 23.6 Å². The molecule has 1 amide bonds. The lowest BCUT2D eigenvalue weighted by molar-refractivity contribution is -0.163. The third-order valence-electron chi connectivity index (χ3n) is 4.74. The molecular weight excluding hydrogens is 390 g/mol. The third kappa shape index (κ3) is 3.98. The molecule has 0 radical (unpaired) electrons. The predicted molar refractivity (Wildman–Crippen MR) is 101 cm³/mol. The van der Waals surface area contributed by atoms with Crippen LogP contribution in [0.4, 0.5) is 0 Å². The van der Waals surface area contributed by atoms with Gasteiger partial charge in [-0.05, 0) is 25.5 Å². The second-order valence-corrected chi connectivity index (χ2v) is 6.84. The number of halogens is 1. The zero-order valence-corrected chi connectivity index (χ0v) is 16.5. The number of morpholine rings is 1. The van der Waals surface area contributed by atoms with Crippen LogP contribution in [0.25, 0.3) is 11.0 Å². The topological polar surface area (TPSA) is 95.3 Å². The summed E-state index contributed by atoms with van der Waals surface area (Å²) in [5, 5.41) is 1.00. The highest BCUT2D eigenvalue weighted by Gasteiger charge is 2.30. The van der Waals surface area contributed by atoms with Crippen molar-refractivity contribution in [2.24, 2.45) is 0 Å². The zero-order valence-electron chi connectivity index (χ0n) is 15.7. The first kappa shape index (κ1) is 20.2.